The number of hydrogen-bond acceptors (Lipinski definition) is 5. The predicted molar refractivity (Wildman–Crippen MR) is 164 cm³/mol. The van der Waals surface area contributed by atoms with Crippen LogP contribution < -0.4 is 4.57 Å². The number of methoxy groups -OCH3 is 1. The van der Waals surface area contributed by atoms with Crippen molar-refractivity contribution in [2.24, 2.45) is 0 Å². The minimum Gasteiger partial charge on any atom is -0.446 e. The van der Waals surface area contributed by atoms with Gasteiger partial charge in [-0.3, -0.25) is 0 Å². The van der Waals surface area contributed by atoms with Gasteiger partial charge in [0.05, 0.1) is 12.0 Å². The number of rotatable bonds is 27. The summed E-state index contributed by atoms with van der Waals surface area (Å²) < 4.78 is 19.7. The molecule has 6 nitrogen and oxygen atoms in total. The third-order valence-corrected chi connectivity index (χ3v) is 8.13. The van der Waals surface area contributed by atoms with Crippen LogP contribution in [0.2, 0.25) is 0 Å². The molecule has 0 fully saturated rings. The van der Waals surface area contributed by atoms with Crippen LogP contribution in [0.1, 0.15) is 130 Å². The first-order chi connectivity index (χ1) is 19.0. The van der Waals surface area contributed by atoms with Gasteiger partial charge in [0.15, 0.2) is 6.20 Å². The van der Waals surface area contributed by atoms with Gasteiger partial charge in [-0.2, -0.15) is 4.57 Å². The molecule has 0 saturated heterocycles. The van der Waals surface area contributed by atoms with Gasteiger partial charge >= 0.3 is 6.09 Å². The molecule has 7 heteroatoms. The van der Waals surface area contributed by atoms with Crippen LogP contribution in [0.15, 0.2) is 17.1 Å². The molecule has 1 aromatic rings. The summed E-state index contributed by atoms with van der Waals surface area (Å²) in [5.41, 5.74) is 1.54. The lowest BCUT2D eigenvalue weighted by atomic mass is 10.1. The van der Waals surface area contributed by atoms with Crippen LogP contribution in [0.4, 0.5) is 4.79 Å². The van der Waals surface area contributed by atoms with E-state index in [0.29, 0.717) is 13.2 Å². The van der Waals surface area contributed by atoms with E-state index in [1.54, 1.807) is 18.4 Å². The molecular formula is C32H61N2O4S+. The summed E-state index contributed by atoms with van der Waals surface area (Å²) in [7, 11) is 1.67. The van der Waals surface area contributed by atoms with E-state index in [9.17, 15) is 4.79 Å². The molecule has 1 unspecified atom stereocenters. The first kappa shape index (κ1) is 35.8. The van der Waals surface area contributed by atoms with Gasteiger partial charge in [-0.1, -0.05) is 102 Å². The zero-order valence-electron chi connectivity index (χ0n) is 25.9. The molecule has 0 bridgehead atoms. The molecule has 0 aromatic carbocycles. The Morgan fingerprint density at radius 2 is 1.36 bits per heavy atom. The largest absolute Gasteiger partial charge is 0.446 e. The maximum absolute atomic E-state index is 13.0. The van der Waals surface area contributed by atoms with Crippen molar-refractivity contribution in [2.45, 2.75) is 142 Å². The zero-order chi connectivity index (χ0) is 28.4. The van der Waals surface area contributed by atoms with Crippen molar-refractivity contribution in [3.05, 3.63) is 17.1 Å². The smallest absolute Gasteiger partial charge is 0.409 e. The van der Waals surface area contributed by atoms with Gasteiger partial charge in [-0.25, -0.2) is 4.79 Å². The lowest BCUT2D eigenvalue weighted by Crippen LogP contribution is -2.42. The maximum Gasteiger partial charge on any atom is 0.409 e. The highest BCUT2D eigenvalue weighted by Gasteiger charge is 2.27. The van der Waals surface area contributed by atoms with E-state index < -0.39 is 5.60 Å². The summed E-state index contributed by atoms with van der Waals surface area (Å²) in [5.74, 6) is 0. The second-order valence-electron chi connectivity index (χ2n) is 11.3. The number of carbonyl (C=O) groups is 1. The van der Waals surface area contributed by atoms with E-state index >= 15 is 0 Å². The summed E-state index contributed by atoms with van der Waals surface area (Å²) in [4.78, 5) is 14.9. The van der Waals surface area contributed by atoms with E-state index in [-0.39, 0.29) is 12.7 Å². The van der Waals surface area contributed by atoms with Gasteiger partial charge in [0.1, 0.15) is 18.8 Å². The number of unbranched alkanes of at least 4 members (excludes halogenated alkanes) is 14. The Bertz CT molecular complexity index is 657. The van der Waals surface area contributed by atoms with E-state index in [0.717, 1.165) is 38.9 Å². The zero-order valence-corrected chi connectivity index (χ0v) is 26.7. The van der Waals surface area contributed by atoms with Crippen LogP contribution in [0.3, 0.4) is 0 Å². The molecule has 1 amide bonds. The van der Waals surface area contributed by atoms with Crippen LogP contribution in [-0.4, -0.2) is 56.6 Å². The average molecular weight is 570 g/mol. The number of ether oxygens (including phenoxy) is 3. The normalized spacial score (nSPS) is 12.9. The monoisotopic (exact) mass is 569 g/mol. The molecule has 39 heavy (non-hydrogen) atoms. The fourth-order valence-corrected chi connectivity index (χ4v) is 5.26. The Morgan fingerprint density at radius 3 is 1.92 bits per heavy atom. The molecule has 0 N–H and O–H groups in total. The third-order valence-electron chi connectivity index (χ3n) is 7.45. The predicted octanol–water partition coefficient (Wildman–Crippen LogP) is 8.57. The van der Waals surface area contributed by atoms with Gasteiger partial charge in [0.25, 0.3) is 0 Å². The fourth-order valence-electron chi connectivity index (χ4n) is 4.63. The first-order valence-corrected chi connectivity index (χ1v) is 16.9. The van der Waals surface area contributed by atoms with E-state index in [1.165, 1.54) is 89.9 Å². The quantitative estimate of drug-likeness (QED) is 0.0786. The lowest BCUT2D eigenvalue weighted by Gasteiger charge is -2.29. The number of aryl methyl sites for hydroxylation is 1. The SMILES string of the molecule is CCCCCCCCN(CCCCCCCC)C(=O)OCC(C)(COCCCCCCC[n+]1ccsc1)OC. The van der Waals surface area contributed by atoms with E-state index in [1.807, 2.05) is 11.8 Å². The lowest BCUT2D eigenvalue weighted by molar-refractivity contribution is -0.692. The summed E-state index contributed by atoms with van der Waals surface area (Å²) in [6.07, 6.45) is 22.5. The molecule has 1 rings (SSSR count). The van der Waals surface area contributed by atoms with Gasteiger partial charge in [0, 0.05) is 33.2 Å². The maximum atomic E-state index is 13.0. The van der Waals surface area contributed by atoms with Crippen molar-refractivity contribution in [1.29, 1.82) is 0 Å². The highest BCUT2D eigenvalue weighted by molar-refractivity contribution is 7.07. The molecule has 0 radical (unpaired) electrons. The standard InChI is InChI=1S/C32H61N2O4S/c1-5-7-9-11-15-19-23-34(24-20-16-12-10-8-6-2)31(35)38-29-32(3,36-4)28-37-26-21-17-13-14-18-22-33-25-27-39-30-33/h25,27,30H,5-24,26,28-29H2,1-4H3/q+1. The van der Waals surface area contributed by atoms with Crippen LogP contribution in [-0.2, 0) is 20.8 Å². The molecule has 0 spiro atoms. The van der Waals surface area contributed by atoms with Crippen molar-refractivity contribution in [2.75, 3.05) is 40.0 Å². The Kier molecular flexibility index (Phi) is 22.6. The number of nitrogens with zero attached hydrogens (tertiary/aromatic N) is 2. The molecule has 0 aliphatic heterocycles. The molecule has 0 aliphatic rings. The summed E-state index contributed by atoms with van der Waals surface area (Å²) in [6.45, 7) is 10.5. The van der Waals surface area contributed by atoms with Gasteiger partial charge in [-0.15, -0.1) is 0 Å². The molecule has 0 saturated carbocycles. The first-order valence-electron chi connectivity index (χ1n) is 16.0. The molecule has 1 aromatic heterocycles. The van der Waals surface area contributed by atoms with Crippen molar-refractivity contribution in [3.63, 3.8) is 0 Å². The topological polar surface area (TPSA) is 51.9 Å². The molecule has 228 valence electrons. The van der Waals surface area contributed by atoms with E-state index in [4.69, 9.17) is 14.2 Å². The Morgan fingerprint density at radius 1 is 0.795 bits per heavy atom. The second-order valence-corrected chi connectivity index (χ2v) is 12.1. The highest BCUT2D eigenvalue weighted by atomic mass is 32.1. The van der Waals surface area contributed by atoms with Crippen LogP contribution >= 0.6 is 11.3 Å². The summed E-state index contributed by atoms with van der Waals surface area (Å²) >= 11 is 1.74. The average Bonchev–Trinajstić information content (AvgIpc) is 3.47. The van der Waals surface area contributed by atoms with Crippen molar-refractivity contribution < 1.29 is 23.6 Å². The van der Waals surface area contributed by atoms with E-state index in [2.05, 4.69) is 35.5 Å². The Labute approximate surface area is 244 Å². The van der Waals surface area contributed by atoms with Crippen LogP contribution in [0.5, 0.6) is 0 Å². The molecule has 0 aliphatic carbocycles. The van der Waals surface area contributed by atoms with Crippen LogP contribution in [0.25, 0.3) is 0 Å². The Hall–Kier alpha value is -1.18. The summed E-state index contributed by atoms with van der Waals surface area (Å²) in [6, 6.07) is 0. The number of carbonyl (C=O) groups excluding carboxylic acids is 1. The van der Waals surface area contributed by atoms with Gasteiger partial charge in [0.2, 0.25) is 5.51 Å². The minimum atomic E-state index is -0.626. The van der Waals surface area contributed by atoms with Crippen molar-refractivity contribution in [1.82, 2.24) is 4.90 Å². The number of thiazole rings is 1. The number of amides is 1. The minimum absolute atomic E-state index is 0.207. The second kappa shape index (κ2) is 24.6. The number of aromatic nitrogens is 1. The van der Waals surface area contributed by atoms with Crippen molar-refractivity contribution >= 4 is 17.4 Å². The van der Waals surface area contributed by atoms with Crippen molar-refractivity contribution in [3.8, 4) is 0 Å². The van der Waals surface area contributed by atoms with Crippen LogP contribution in [0, 0.1) is 0 Å². The third kappa shape index (κ3) is 19.5. The fraction of sp³-hybridized carbons (Fsp3) is 0.875. The molecule has 1 atom stereocenters. The Balaban J connectivity index is 2.29. The van der Waals surface area contributed by atoms with Gasteiger partial charge < -0.3 is 19.1 Å². The summed E-state index contributed by atoms with van der Waals surface area (Å²) in [5, 5.41) is 2.12. The molecule has 1 heterocycles. The number of hydrogen-bond donors (Lipinski definition) is 0. The highest BCUT2D eigenvalue weighted by Crippen LogP contribution is 2.14. The molecular weight excluding hydrogens is 508 g/mol. The van der Waals surface area contributed by atoms with Gasteiger partial charge in [-0.05, 0) is 32.6 Å².